The van der Waals surface area contributed by atoms with E-state index in [4.69, 9.17) is 0 Å². The number of carboxylic acids is 1. The van der Waals surface area contributed by atoms with Crippen LogP contribution in [0.25, 0.3) is 0 Å². The monoisotopic (exact) mass is 371 g/mol. The second kappa shape index (κ2) is 6.80. The van der Waals surface area contributed by atoms with Gasteiger partial charge in [0.05, 0.1) is 0 Å². The molecule has 1 N–H and O–H groups in total. The van der Waals surface area contributed by atoms with Gasteiger partial charge in [-0.3, -0.25) is 4.79 Å². The Kier molecular flexibility index (Phi) is 5.29. The lowest BCUT2D eigenvalue weighted by Crippen LogP contribution is -2.56. The van der Waals surface area contributed by atoms with Gasteiger partial charge in [-0.1, -0.05) is 19.3 Å². The number of aromatic nitrogens is 1. The Labute approximate surface area is 148 Å². The van der Waals surface area contributed by atoms with E-state index in [-0.39, 0.29) is 10.6 Å². The Morgan fingerprint density at radius 3 is 2.20 bits per heavy atom. The number of carbonyl (C=O) groups excluding carboxylic acids is 1. The molecule has 9 heteroatoms. The number of hydrogen-bond acceptors (Lipinski definition) is 4. The predicted octanol–water partition coefficient (Wildman–Crippen LogP) is 1.13. The van der Waals surface area contributed by atoms with E-state index in [9.17, 15) is 23.1 Å². The van der Waals surface area contributed by atoms with Gasteiger partial charge in [0.1, 0.15) is 16.1 Å². The molecule has 1 fully saturated rings. The van der Waals surface area contributed by atoms with Gasteiger partial charge in [0.15, 0.2) is 0 Å². The summed E-state index contributed by atoms with van der Waals surface area (Å²) in [6, 6.07) is 1.30. The Bertz CT molecular complexity index is 776. The zero-order chi connectivity index (χ0) is 19.0. The molecule has 1 aromatic heterocycles. The van der Waals surface area contributed by atoms with Gasteiger partial charge in [0.25, 0.3) is 5.91 Å². The van der Waals surface area contributed by atoms with Gasteiger partial charge in [-0.15, -0.1) is 0 Å². The molecule has 0 radical (unpaired) electrons. The van der Waals surface area contributed by atoms with Crippen LogP contribution in [0, 0.1) is 0 Å². The molecule has 0 atom stereocenters. The fraction of sp³-hybridized carbons (Fsp3) is 0.625. The quantitative estimate of drug-likeness (QED) is 0.836. The average Bonchev–Trinajstić information content (AvgIpc) is 2.96. The summed E-state index contributed by atoms with van der Waals surface area (Å²) in [4.78, 5) is 26.1. The highest BCUT2D eigenvalue weighted by atomic mass is 32.2. The third kappa shape index (κ3) is 3.30. The van der Waals surface area contributed by atoms with Gasteiger partial charge < -0.3 is 14.6 Å². The van der Waals surface area contributed by atoms with Crippen LogP contribution in [0.5, 0.6) is 0 Å². The van der Waals surface area contributed by atoms with Crippen molar-refractivity contribution >= 4 is 21.9 Å². The summed E-state index contributed by atoms with van der Waals surface area (Å²) in [5.74, 6) is -1.51. The summed E-state index contributed by atoms with van der Waals surface area (Å²) in [6.45, 7) is 0. The van der Waals surface area contributed by atoms with Crippen molar-refractivity contribution in [2.45, 2.75) is 42.5 Å². The molecule has 1 aliphatic carbocycles. The second-order valence-corrected chi connectivity index (χ2v) is 8.87. The van der Waals surface area contributed by atoms with Crippen LogP contribution in [0.15, 0.2) is 17.2 Å². The lowest BCUT2D eigenvalue weighted by atomic mass is 9.80. The van der Waals surface area contributed by atoms with Crippen LogP contribution < -0.4 is 0 Å². The van der Waals surface area contributed by atoms with Crippen molar-refractivity contribution < 1.29 is 23.1 Å². The number of aliphatic carboxylic acids is 1. The predicted molar refractivity (Wildman–Crippen MR) is 91.8 cm³/mol. The molecule has 1 amide bonds. The van der Waals surface area contributed by atoms with Crippen LogP contribution in [-0.2, 0) is 21.9 Å². The van der Waals surface area contributed by atoms with Crippen molar-refractivity contribution in [1.82, 2.24) is 13.8 Å². The van der Waals surface area contributed by atoms with E-state index >= 15 is 0 Å². The van der Waals surface area contributed by atoms with Gasteiger partial charge >= 0.3 is 5.97 Å². The fourth-order valence-electron chi connectivity index (χ4n) is 3.29. The largest absolute Gasteiger partial charge is 0.479 e. The van der Waals surface area contributed by atoms with Crippen molar-refractivity contribution in [3.8, 4) is 0 Å². The lowest BCUT2D eigenvalue weighted by Gasteiger charge is -2.40. The van der Waals surface area contributed by atoms with Gasteiger partial charge in [-0.25, -0.2) is 17.5 Å². The molecule has 0 unspecified atom stereocenters. The molecule has 8 nitrogen and oxygen atoms in total. The van der Waals surface area contributed by atoms with Crippen molar-refractivity contribution in [2.75, 3.05) is 21.1 Å². The molecule has 0 aliphatic heterocycles. The van der Waals surface area contributed by atoms with Crippen LogP contribution in [0.4, 0.5) is 0 Å². The first kappa shape index (κ1) is 19.5. The topological polar surface area (TPSA) is 99.9 Å². The van der Waals surface area contributed by atoms with E-state index in [1.807, 2.05) is 0 Å². The Morgan fingerprint density at radius 1 is 1.16 bits per heavy atom. The van der Waals surface area contributed by atoms with Crippen LogP contribution in [0.3, 0.4) is 0 Å². The molecule has 0 aromatic carbocycles. The molecular weight excluding hydrogens is 346 g/mol. The lowest BCUT2D eigenvalue weighted by molar-refractivity contribution is -0.151. The number of amides is 1. The summed E-state index contributed by atoms with van der Waals surface area (Å²) in [5.41, 5.74) is -1.09. The van der Waals surface area contributed by atoms with Gasteiger partial charge in [-0.2, -0.15) is 0 Å². The van der Waals surface area contributed by atoms with Gasteiger partial charge in [0.2, 0.25) is 10.0 Å². The number of carbonyl (C=O) groups is 2. The Morgan fingerprint density at radius 2 is 1.72 bits per heavy atom. The SMILES string of the molecule is CN(C(=O)c1cc(S(=O)(=O)N(C)C)cn1C)C1(C(=O)O)CCCCC1. The van der Waals surface area contributed by atoms with Crippen molar-refractivity contribution in [2.24, 2.45) is 7.05 Å². The fourth-order valence-corrected chi connectivity index (χ4v) is 4.27. The number of hydrogen-bond donors (Lipinski definition) is 1. The van der Waals surface area contributed by atoms with Crippen LogP contribution in [0.1, 0.15) is 42.6 Å². The van der Waals surface area contributed by atoms with E-state index in [0.29, 0.717) is 12.8 Å². The summed E-state index contributed by atoms with van der Waals surface area (Å²) < 4.78 is 27.0. The summed E-state index contributed by atoms with van der Waals surface area (Å²) in [6.07, 6.45) is 4.61. The molecule has 25 heavy (non-hydrogen) atoms. The highest BCUT2D eigenvalue weighted by molar-refractivity contribution is 7.89. The zero-order valence-electron chi connectivity index (χ0n) is 15.0. The average molecular weight is 371 g/mol. The van der Waals surface area contributed by atoms with Crippen LogP contribution in [0.2, 0.25) is 0 Å². The van der Waals surface area contributed by atoms with E-state index in [1.54, 1.807) is 7.05 Å². The molecule has 1 aromatic rings. The molecule has 2 rings (SSSR count). The molecular formula is C16H25N3O5S. The van der Waals surface area contributed by atoms with Gasteiger partial charge in [0, 0.05) is 34.4 Å². The third-order valence-corrected chi connectivity index (χ3v) is 6.78. The smallest absolute Gasteiger partial charge is 0.329 e. The van der Waals surface area contributed by atoms with E-state index in [1.165, 1.54) is 42.9 Å². The van der Waals surface area contributed by atoms with E-state index in [0.717, 1.165) is 23.6 Å². The van der Waals surface area contributed by atoms with E-state index in [2.05, 4.69) is 0 Å². The van der Waals surface area contributed by atoms with Gasteiger partial charge in [-0.05, 0) is 18.9 Å². The molecule has 1 saturated carbocycles. The van der Waals surface area contributed by atoms with Crippen molar-refractivity contribution in [3.63, 3.8) is 0 Å². The summed E-state index contributed by atoms with van der Waals surface area (Å²) >= 11 is 0. The number of sulfonamides is 1. The molecule has 0 saturated heterocycles. The first-order chi connectivity index (χ1) is 11.5. The molecule has 1 heterocycles. The van der Waals surface area contributed by atoms with Crippen molar-refractivity contribution in [3.05, 3.63) is 18.0 Å². The minimum absolute atomic E-state index is 0.00442. The number of likely N-dealkylation sites (N-methyl/N-ethyl adjacent to an activating group) is 1. The first-order valence-corrected chi connectivity index (χ1v) is 9.58. The van der Waals surface area contributed by atoms with Crippen molar-refractivity contribution in [1.29, 1.82) is 0 Å². The highest BCUT2D eigenvalue weighted by Gasteiger charge is 2.46. The maximum atomic E-state index is 12.9. The molecule has 1 aliphatic rings. The highest BCUT2D eigenvalue weighted by Crippen LogP contribution is 2.34. The maximum Gasteiger partial charge on any atom is 0.329 e. The maximum absolute atomic E-state index is 12.9. The summed E-state index contributed by atoms with van der Waals surface area (Å²) in [5, 5.41) is 9.73. The third-order valence-electron chi connectivity index (χ3n) is 5.00. The number of carboxylic acid groups (broad SMARTS) is 1. The molecule has 140 valence electrons. The number of rotatable bonds is 5. The van der Waals surface area contributed by atoms with Crippen LogP contribution in [-0.4, -0.2) is 65.9 Å². The first-order valence-electron chi connectivity index (χ1n) is 8.14. The zero-order valence-corrected chi connectivity index (χ0v) is 15.8. The molecule has 0 spiro atoms. The Balaban J connectivity index is 2.40. The van der Waals surface area contributed by atoms with Crippen LogP contribution >= 0.6 is 0 Å². The summed E-state index contributed by atoms with van der Waals surface area (Å²) in [7, 11) is 2.21. The number of nitrogens with zero attached hydrogens (tertiary/aromatic N) is 3. The minimum atomic E-state index is -3.67. The van der Waals surface area contributed by atoms with E-state index < -0.39 is 27.4 Å². The standard InChI is InChI=1S/C16H25N3O5S/c1-17(2)25(23,24)12-10-13(18(3)11-12)14(20)19(4)16(15(21)22)8-6-5-7-9-16/h10-11H,5-9H2,1-4H3,(H,21,22). The normalized spacial score (nSPS) is 17.5. The molecule has 0 bridgehead atoms. The Hall–Kier alpha value is -1.87. The second-order valence-electron chi connectivity index (χ2n) is 6.72. The minimum Gasteiger partial charge on any atom is -0.479 e. The number of aryl methyl sites for hydroxylation is 1.